The van der Waals surface area contributed by atoms with Crippen molar-refractivity contribution >= 4 is 15.9 Å². The largest absolute Gasteiger partial charge is 0.497 e. The van der Waals surface area contributed by atoms with Crippen molar-refractivity contribution in [2.45, 2.75) is 23.8 Å². The molecule has 1 aliphatic rings. The summed E-state index contributed by atoms with van der Waals surface area (Å²) in [5, 5.41) is 3.13. The van der Waals surface area contributed by atoms with E-state index >= 15 is 0 Å². The zero-order chi connectivity index (χ0) is 23.4. The monoisotopic (exact) mass is 469 g/mol. The van der Waals surface area contributed by atoms with Crippen LogP contribution >= 0.6 is 0 Å². The van der Waals surface area contributed by atoms with Gasteiger partial charge in [-0.2, -0.15) is 4.31 Å². The lowest BCUT2D eigenvalue weighted by Crippen LogP contribution is -2.44. The van der Waals surface area contributed by atoms with Gasteiger partial charge in [0.1, 0.15) is 22.5 Å². The molecule has 1 atom stereocenters. The summed E-state index contributed by atoms with van der Waals surface area (Å²) < 4.78 is 34.2. The highest BCUT2D eigenvalue weighted by Gasteiger charge is 2.33. The highest BCUT2D eigenvalue weighted by atomic mass is 32.2. The van der Waals surface area contributed by atoms with Crippen LogP contribution in [0.15, 0.2) is 66.1 Å². The molecular formula is C23H27N5O4S. The van der Waals surface area contributed by atoms with Gasteiger partial charge in [-0.05, 0) is 42.7 Å². The zero-order valence-electron chi connectivity index (χ0n) is 18.6. The van der Waals surface area contributed by atoms with Crippen LogP contribution in [-0.2, 0) is 21.9 Å². The van der Waals surface area contributed by atoms with Gasteiger partial charge in [0.25, 0.3) is 0 Å². The Hall–Kier alpha value is -3.24. The van der Waals surface area contributed by atoms with Gasteiger partial charge in [-0.3, -0.25) is 9.78 Å². The Morgan fingerprint density at radius 3 is 2.45 bits per heavy atom. The van der Waals surface area contributed by atoms with Crippen LogP contribution in [0.5, 0.6) is 5.75 Å². The van der Waals surface area contributed by atoms with Crippen LogP contribution in [0.2, 0.25) is 0 Å². The third kappa shape index (κ3) is 4.91. The Bertz CT molecular complexity index is 1190. The summed E-state index contributed by atoms with van der Waals surface area (Å²) in [6, 6.07) is 10.2. The molecule has 1 aliphatic heterocycles. The number of hydrogen-bond acceptors (Lipinski definition) is 6. The highest BCUT2D eigenvalue weighted by Crippen LogP contribution is 2.27. The Morgan fingerprint density at radius 2 is 1.88 bits per heavy atom. The van der Waals surface area contributed by atoms with Gasteiger partial charge in [-0.25, -0.2) is 13.4 Å². The van der Waals surface area contributed by atoms with Gasteiger partial charge in [0.15, 0.2) is 0 Å². The van der Waals surface area contributed by atoms with Gasteiger partial charge in [-0.15, -0.1) is 0 Å². The molecule has 9 nitrogen and oxygen atoms in total. The third-order valence-electron chi connectivity index (χ3n) is 5.95. The molecule has 0 saturated carbocycles. The number of benzene rings is 1. The smallest absolute Gasteiger partial charge is 0.244 e. The minimum absolute atomic E-state index is 0.114. The number of piperidine rings is 1. The van der Waals surface area contributed by atoms with Crippen LogP contribution in [-0.4, -0.2) is 53.4 Å². The second kappa shape index (κ2) is 9.72. The number of ether oxygens (including phenoxy) is 1. The van der Waals surface area contributed by atoms with E-state index in [4.69, 9.17) is 4.74 Å². The van der Waals surface area contributed by atoms with E-state index in [1.54, 1.807) is 19.4 Å². The van der Waals surface area contributed by atoms with E-state index in [0.717, 1.165) is 11.3 Å². The predicted molar refractivity (Wildman–Crippen MR) is 122 cm³/mol. The lowest BCUT2D eigenvalue weighted by atomic mass is 9.96. The molecule has 1 saturated heterocycles. The molecule has 1 aromatic carbocycles. The number of aryl methyl sites for hydroxylation is 1. The van der Waals surface area contributed by atoms with E-state index < -0.39 is 16.1 Å². The van der Waals surface area contributed by atoms with Gasteiger partial charge in [0.05, 0.1) is 7.11 Å². The molecule has 10 heteroatoms. The number of methoxy groups -OCH3 is 1. The summed E-state index contributed by atoms with van der Waals surface area (Å²) in [6.07, 6.45) is 7.30. The summed E-state index contributed by atoms with van der Waals surface area (Å²) in [4.78, 5) is 21.7. The summed E-state index contributed by atoms with van der Waals surface area (Å²) in [6.45, 7) is 0.565. The second-order valence-electron chi connectivity index (χ2n) is 7.98. The molecule has 33 heavy (non-hydrogen) atoms. The van der Waals surface area contributed by atoms with Gasteiger partial charge in [0, 0.05) is 50.8 Å². The van der Waals surface area contributed by atoms with Gasteiger partial charge < -0.3 is 14.6 Å². The van der Waals surface area contributed by atoms with Gasteiger partial charge in [0.2, 0.25) is 15.9 Å². The molecule has 2 aromatic heterocycles. The lowest BCUT2D eigenvalue weighted by Gasteiger charge is -2.31. The topological polar surface area (TPSA) is 106 Å². The molecule has 1 fully saturated rings. The number of carbonyl (C=O) groups is 1. The van der Waals surface area contributed by atoms with Gasteiger partial charge >= 0.3 is 0 Å². The van der Waals surface area contributed by atoms with Crippen molar-refractivity contribution in [3.05, 3.63) is 72.6 Å². The van der Waals surface area contributed by atoms with E-state index in [1.807, 2.05) is 42.1 Å². The molecule has 0 aliphatic carbocycles. The van der Waals surface area contributed by atoms with Crippen molar-refractivity contribution < 1.29 is 17.9 Å². The number of aromatic nitrogens is 3. The molecule has 0 radical (unpaired) electrons. The quantitative estimate of drug-likeness (QED) is 0.568. The average molecular weight is 470 g/mol. The zero-order valence-corrected chi connectivity index (χ0v) is 19.4. The number of rotatable bonds is 7. The minimum atomic E-state index is -3.61. The van der Waals surface area contributed by atoms with Gasteiger partial charge in [-0.1, -0.05) is 12.1 Å². The summed E-state index contributed by atoms with van der Waals surface area (Å²) in [5.74, 6) is 1.04. The van der Waals surface area contributed by atoms with Crippen molar-refractivity contribution in [3.63, 3.8) is 0 Å². The Balaban J connectivity index is 1.46. The maximum absolute atomic E-state index is 13.2. The van der Waals surface area contributed by atoms with E-state index in [0.29, 0.717) is 18.7 Å². The SMILES string of the molecule is COc1ccc(C(NC(=O)C2CCN(S(=O)(=O)c3cccnc3)CC2)c2nccn2C)cc1. The third-order valence-corrected chi connectivity index (χ3v) is 7.83. The van der Waals surface area contributed by atoms with Crippen LogP contribution in [0, 0.1) is 5.92 Å². The minimum Gasteiger partial charge on any atom is -0.497 e. The normalized spacial score (nSPS) is 16.3. The number of nitrogens with one attached hydrogen (secondary N) is 1. The number of carbonyl (C=O) groups excluding carboxylic acids is 1. The van der Waals surface area contributed by atoms with Crippen molar-refractivity contribution in [1.29, 1.82) is 0 Å². The molecule has 3 heterocycles. The number of hydrogen-bond donors (Lipinski definition) is 1. The first-order valence-corrected chi connectivity index (χ1v) is 12.2. The molecule has 3 aromatic rings. The number of pyridine rings is 1. The first-order chi connectivity index (χ1) is 15.9. The van der Waals surface area contributed by atoms with Crippen molar-refractivity contribution in [3.8, 4) is 5.75 Å². The number of amides is 1. The number of imidazole rings is 1. The van der Waals surface area contributed by atoms with Crippen LogP contribution in [0.25, 0.3) is 0 Å². The maximum atomic E-state index is 13.2. The van der Waals surface area contributed by atoms with E-state index in [-0.39, 0.29) is 29.8 Å². The van der Waals surface area contributed by atoms with Crippen molar-refractivity contribution in [1.82, 2.24) is 24.2 Å². The average Bonchev–Trinajstić information content (AvgIpc) is 3.28. The van der Waals surface area contributed by atoms with Crippen molar-refractivity contribution in [2.24, 2.45) is 13.0 Å². The van der Waals surface area contributed by atoms with Crippen LogP contribution in [0.1, 0.15) is 30.3 Å². The molecule has 4 rings (SSSR count). The van der Waals surface area contributed by atoms with E-state index in [2.05, 4.69) is 15.3 Å². The summed E-state index contributed by atoms with van der Waals surface area (Å²) in [5.41, 5.74) is 0.884. The Morgan fingerprint density at radius 1 is 1.15 bits per heavy atom. The van der Waals surface area contributed by atoms with Crippen LogP contribution in [0.4, 0.5) is 0 Å². The van der Waals surface area contributed by atoms with Crippen molar-refractivity contribution in [2.75, 3.05) is 20.2 Å². The lowest BCUT2D eigenvalue weighted by molar-refractivity contribution is -0.126. The van der Waals surface area contributed by atoms with E-state index in [9.17, 15) is 13.2 Å². The number of sulfonamides is 1. The fraction of sp³-hybridized carbons (Fsp3) is 0.348. The van der Waals surface area contributed by atoms with Crippen LogP contribution < -0.4 is 10.1 Å². The molecule has 1 amide bonds. The summed E-state index contributed by atoms with van der Waals surface area (Å²) in [7, 11) is -0.124. The molecular weight excluding hydrogens is 442 g/mol. The molecule has 0 spiro atoms. The fourth-order valence-corrected chi connectivity index (χ4v) is 5.45. The Kier molecular flexibility index (Phi) is 6.75. The molecule has 1 unspecified atom stereocenters. The predicted octanol–water partition coefficient (Wildman–Crippen LogP) is 2.13. The maximum Gasteiger partial charge on any atom is 0.244 e. The highest BCUT2D eigenvalue weighted by molar-refractivity contribution is 7.89. The second-order valence-corrected chi connectivity index (χ2v) is 9.92. The molecule has 0 bridgehead atoms. The standard InChI is InChI=1S/C23H27N5O4S/c1-27-15-12-25-22(27)21(17-5-7-19(32-2)8-6-17)26-23(29)18-9-13-28(14-10-18)33(30,31)20-4-3-11-24-16-20/h3-8,11-12,15-16,18,21H,9-10,13-14H2,1-2H3,(H,26,29). The fourth-order valence-electron chi connectivity index (χ4n) is 4.02. The first-order valence-electron chi connectivity index (χ1n) is 10.7. The van der Waals surface area contributed by atoms with Crippen LogP contribution in [0.3, 0.4) is 0 Å². The summed E-state index contributed by atoms with van der Waals surface area (Å²) >= 11 is 0. The number of nitrogens with zero attached hydrogens (tertiary/aromatic N) is 4. The first kappa shape index (κ1) is 22.9. The molecule has 174 valence electrons. The molecule has 1 N–H and O–H groups in total. The Labute approximate surface area is 193 Å². The van der Waals surface area contributed by atoms with E-state index in [1.165, 1.54) is 22.8 Å².